The van der Waals surface area contributed by atoms with E-state index in [1.807, 2.05) is 41.7 Å². The molecule has 1 fully saturated rings. The number of amides is 2. The van der Waals surface area contributed by atoms with Gasteiger partial charge in [0, 0.05) is 12.6 Å². The Morgan fingerprint density at radius 2 is 1.84 bits per heavy atom. The SMILES string of the molecule is CCOC(=O)C(C)=C[C@H](C(C)C)N(C)C(=O)C(NC(=O)C1CC(C)CCN1C)C(C)(C)C. The van der Waals surface area contributed by atoms with Crippen molar-refractivity contribution in [1.29, 1.82) is 0 Å². The molecule has 1 saturated heterocycles. The quantitative estimate of drug-likeness (QED) is 0.453. The van der Waals surface area contributed by atoms with E-state index >= 15 is 0 Å². The van der Waals surface area contributed by atoms with Crippen molar-refractivity contribution < 1.29 is 19.1 Å². The number of rotatable bonds is 8. The van der Waals surface area contributed by atoms with E-state index in [-0.39, 0.29) is 35.8 Å². The molecule has 0 aromatic heterocycles. The van der Waals surface area contributed by atoms with E-state index in [9.17, 15) is 14.4 Å². The summed E-state index contributed by atoms with van der Waals surface area (Å²) in [7, 11) is 3.70. The summed E-state index contributed by atoms with van der Waals surface area (Å²) < 4.78 is 5.09. The predicted octanol–water partition coefficient (Wildman–Crippen LogP) is 3.24. The molecule has 32 heavy (non-hydrogen) atoms. The zero-order valence-electron chi connectivity index (χ0n) is 21.8. The van der Waals surface area contributed by atoms with Crippen LogP contribution in [0, 0.1) is 17.3 Å². The van der Waals surface area contributed by atoms with Gasteiger partial charge >= 0.3 is 5.97 Å². The van der Waals surface area contributed by atoms with Crippen molar-refractivity contribution >= 4 is 17.8 Å². The first-order valence-electron chi connectivity index (χ1n) is 11.8. The molecule has 7 nitrogen and oxygen atoms in total. The van der Waals surface area contributed by atoms with Crippen LogP contribution in [0.15, 0.2) is 11.6 Å². The van der Waals surface area contributed by atoms with Gasteiger partial charge in [0.05, 0.1) is 18.7 Å². The number of carbonyl (C=O) groups is 3. The minimum atomic E-state index is -0.678. The minimum Gasteiger partial charge on any atom is -0.463 e. The standard InChI is InChI=1S/C25H45N3O4/c1-11-32-24(31)18(5)15-19(16(2)3)28(10)23(30)21(25(6,7)8)26-22(29)20-14-17(4)12-13-27(20)9/h15-17,19-21H,11-14H2,1-10H3,(H,26,29)/t17?,19-,20?,21?/m1/s1. The molecular weight excluding hydrogens is 406 g/mol. The fourth-order valence-electron chi connectivity index (χ4n) is 4.12. The van der Waals surface area contributed by atoms with Crippen molar-refractivity contribution in [3.8, 4) is 0 Å². The molecule has 0 aromatic carbocycles. The molecule has 0 radical (unpaired) electrons. The van der Waals surface area contributed by atoms with E-state index in [0.29, 0.717) is 18.1 Å². The molecule has 1 heterocycles. The van der Waals surface area contributed by atoms with Crippen LogP contribution in [0.2, 0.25) is 0 Å². The average Bonchev–Trinajstić information content (AvgIpc) is 2.69. The number of carbonyl (C=O) groups excluding carboxylic acids is 3. The zero-order chi connectivity index (χ0) is 24.8. The highest BCUT2D eigenvalue weighted by Gasteiger charge is 2.39. The van der Waals surface area contributed by atoms with Gasteiger partial charge in [-0.25, -0.2) is 4.79 Å². The van der Waals surface area contributed by atoms with Crippen molar-refractivity contribution in [2.45, 2.75) is 86.4 Å². The Hall–Kier alpha value is -1.89. The zero-order valence-corrected chi connectivity index (χ0v) is 21.8. The number of hydrogen-bond donors (Lipinski definition) is 1. The predicted molar refractivity (Wildman–Crippen MR) is 128 cm³/mol. The summed E-state index contributed by atoms with van der Waals surface area (Å²) in [6.07, 6.45) is 3.66. The Balaban J connectivity index is 3.12. The lowest BCUT2D eigenvalue weighted by Gasteiger charge is -2.40. The molecule has 0 aromatic rings. The van der Waals surface area contributed by atoms with Gasteiger partial charge in [0.2, 0.25) is 11.8 Å². The number of esters is 1. The Morgan fingerprint density at radius 1 is 1.25 bits per heavy atom. The van der Waals surface area contributed by atoms with E-state index in [1.54, 1.807) is 31.9 Å². The third-order valence-corrected chi connectivity index (χ3v) is 6.33. The lowest BCUT2D eigenvalue weighted by Crippen LogP contribution is -2.60. The summed E-state index contributed by atoms with van der Waals surface area (Å²) in [6.45, 7) is 16.7. The molecule has 1 N–H and O–H groups in total. The first kappa shape index (κ1) is 28.1. The normalized spacial score (nSPS) is 22.3. The molecule has 184 valence electrons. The Kier molecular flexibility index (Phi) is 10.4. The van der Waals surface area contributed by atoms with Gasteiger partial charge in [-0.15, -0.1) is 0 Å². The molecule has 1 aliphatic heterocycles. The van der Waals surface area contributed by atoms with Crippen molar-refractivity contribution in [3.05, 3.63) is 11.6 Å². The van der Waals surface area contributed by atoms with E-state index in [0.717, 1.165) is 19.4 Å². The third-order valence-electron chi connectivity index (χ3n) is 6.33. The van der Waals surface area contributed by atoms with E-state index in [4.69, 9.17) is 4.74 Å². The summed E-state index contributed by atoms with van der Waals surface area (Å²) in [6, 6.07) is -1.21. The van der Waals surface area contributed by atoms with Gasteiger partial charge in [0.25, 0.3) is 0 Å². The molecule has 2 amide bonds. The number of hydrogen-bond acceptors (Lipinski definition) is 5. The number of likely N-dealkylation sites (tertiary alicyclic amines) is 1. The van der Waals surface area contributed by atoms with Gasteiger partial charge in [-0.05, 0) is 57.5 Å². The second-order valence-electron chi connectivity index (χ2n) is 10.7. The van der Waals surface area contributed by atoms with Crippen molar-refractivity contribution in [2.75, 3.05) is 27.2 Å². The molecule has 0 spiro atoms. The van der Waals surface area contributed by atoms with E-state index in [2.05, 4.69) is 17.1 Å². The molecule has 4 atom stereocenters. The van der Waals surface area contributed by atoms with E-state index in [1.165, 1.54) is 0 Å². The summed E-state index contributed by atoms with van der Waals surface area (Å²) >= 11 is 0. The van der Waals surface area contributed by atoms with Crippen LogP contribution in [0.3, 0.4) is 0 Å². The number of likely N-dealkylation sites (N-methyl/N-ethyl adjacent to an activating group) is 2. The van der Waals surface area contributed by atoms with Gasteiger partial charge in [-0.2, -0.15) is 0 Å². The van der Waals surface area contributed by atoms with Gasteiger partial charge < -0.3 is 15.0 Å². The van der Waals surface area contributed by atoms with Crippen LogP contribution in [0.1, 0.15) is 68.2 Å². The maximum Gasteiger partial charge on any atom is 0.333 e. The van der Waals surface area contributed by atoms with Crippen LogP contribution in [0.5, 0.6) is 0 Å². The van der Waals surface area contributed by atoms with Crippen LogP contribution < -0.4 is 5.32 Å². The van der Waals surface area contributed by atoms with Crippen LogP contribution >= 0.6 is 0 Å². The summed E-state index contributed by atoms with van der Waals surface area (Å²) in [4.78, 5) is 42.6. The molecule has 3 unspecified atom stereocenters. The molecular formula is C25H45N3O4. The highest BCUT2D eigenvalue weighted by atomic mass is 16.5. The molecule has 0 saturated carbocycles. The van der Waals surface area contributed by atoms with Crippen molar-refractivity contribution in [1.82, 2.24) is 15.1 Å². The Morgan fingerprint density at radius 3 is 2.34 bits per heavy atom. The first-order chi connectivity index (χ1) is 14.7. The maximum absolute atomic E-state index is 13.6. The summed E-state index contributed by atoms with van der Waals surface area (Å²) in [5.74, 6) is -0.0807. The lowest BCUT2D eigenvalue weighted by atomic mass is 9.84. The van der Waals surface area contributed by atoms with Gasteiger partial charge in [0.15, 0.2) is 0 Å². The average molecular weight is 452 g/mol. The smallest absolute Gasteiger partial charge is 0.333 e. The summed E-state index contributed by atoms with van der Waals surface area (Å²) in [5.41, 5.74) is 0.000687. The van der Waals surface area contributed by atoms with Crippen LogP contribution in [0.25, 0.3) is 0 Å². The fraction of sp³-hybridized carbons (Fsp3) is 0.800. The molecule has 1 aliphatic rings. The number of nitrogens with zero attached hydrogens (tertiary/aromatic N) is 2. The third kappa shape index (κ3) is 7.61. The van der Waals surface area contributed by atoms with E-state index < -0.39 is 11.5 Å². The number of piperidine rings is 1. The van der Waals surface area contributed by atoms with Gasteiger partial charge in [-0.3, -0.25) is 14.5 Å². The van der Waals surface area contributed by atoms with Crippen LogP contribution in [-0.4, -0.2) is 73.0 Å². The molecule has 7 heteroatoms. The van der Waals surface area contributed by atoms with Crippen LogP contribution in [0.4, 0.5) is 0 Å². The highest BCUT2D eigenvalue weighted by molar-refractivity contribution is 5.91. The largest absolute Gasteiger partial charge is 0.463 e. The first-order valence-corrected chi connectivity index (χ1v) is 11.8. The minimum absolute atomic E-state index is 0.0787. The van der Waals surface area contributed by atoms with Crippen molar-refractivity contribution in [2.24, 2.45) is 17.3 Å². The lowest BCUT2D eigenvalue weighted by molar-refractivity contribution is -0.142. The van der Waals surface area contributed by atoms with Gasteiger partial charge in [0.1, 0.15) is 6.04 Å². The molecule has 1 rings (SSSR count). The Bertz CT molecular complexity index is 696. The molecule has 0 aliphatic carbocycles. The monoisotopic (exact) mass is 451 g/mol. The molecule has 0 bridgehead atoms. The van der Waals surface area contributed by atoms with Gasteiger partial charge in [-0.1, -0.05) is 47.6 Å². The topological polar surface area (TPSA) is 79.0 Å². The highest BCUT2D eigenvalue weighted by Crippen LogP contribution is 2.26. The number of nitrogens with one attached hydrogen (secondary N) is 1. The maximum atomic E-state index is 13.6. The second-order valence-corrected chi connectivity index (χ2v) is 10.7. The van der Waals surface area contributed by atoms with Crippen LogP contribution in [-0.2, 0) is 19.1 Å². The van der Waals surface area contributed by atoms with Crippen molar-refractivity contribution in [3.63, 3.8) is 0 Å². The fourth-order valence-corrected chi connectivity index (χ4v) is 4.12. The second kappa shape index (κ2) is 11.8. The Labute approximate surface area is 194 Å². The summed E-state index contributed by atoms with van der Waals surface area (Å²) in [5, 5.41) is 3.06. The number of ether oxygens (including phenoxy) is 1.